The summed E-state index contributed by atoms with van der Waals surface area (Å²) in [7, 11) is 0. The molecule has 1 aromatic carbocycles. The van der Waals surface area contributed by atoms with Crippen LogP contribution in [-0.2, 0) is 6.42 Å². The van der Waals surface area contributed by atoms with Crippen LogP contribution in [0.3, 0.4) is 0 Å². The fourth-order valence-corrected chi connectivity index (χ4v) is 2.48. The highest BCUT2D eigenvalue weighted by Gasteiger charge is 2.14. The molecule has 0 saturated heterocycles. The van der Waals surface area contributed by atoms with Crippen LogP contribution in [0.15, 0.2) is 55.2 Å². The van der Waals surface area contributed by atoms with E-state index in [0.29, 0.717) is 0 Å². The molecule has 0 unspecified atom stereocenters. The number of aromatic nitrogens is 2. The summed E-state index contributed by atoms with van der Waals surface area (Å²) in [4.78, 5) is 7.88. The summed E-state index contributed by atoms with van der Waals surface area (Å²) in [5.41, 5.74) is 5.48. The quantitative estimate of drug-likeness (QED) is 0.739. The second-order valence-electron chi connectivity index (χ2n) is 4.57. The molecule has 0 saturated carbocycles. The molecule has 0 aliphatic carbocycles. The Morgan fingerprint density at radius 2 is 1.95 bits per heavy atom. The Labute approximate surface area is 112 Å². The van der Waals surface area contributed by atoms with Gasteiger partial charge in [-0.2, -0.15) is 0 Å². The van der Waals surface area contributed by atoms with Gasteiger partial charge in [0.1, 0.15) is 0 Å². The van der Waals surface area contributed by atoms with Gasteiger partial charge in [-0.25, -0.2) is 0 Å². The standard InChI is InChI=1S/C17H16N2/c1-3-14-17(12(2)15-9-6-7-11-18-15)13-8-4-5-10-16(13)19-14/h4-11,19H,2-3H2,1H3. The third kappa shape index (κ3) is 1.95. The average Bonchev–Trinajstić information content (AvgIpc) is 2.86. The Hall–Kier alpha value is -2.35. The van der Waals surface area contributed by atoms with Crippen LogP contribution < -0.4 is 0 Å². The maximum absolute atomic E-state index is 4.40. The van der Waals surface area contributed by atoms with Crippen molar-refractivity contribution in [1.29, 1.82) is 0 Å². The SMILES string of the molecule is C=C(c1ccccn1)c1c(CC)[nH]c2ccccc12. The van der Waals surface area contributed by atoms with Crippen LogP contribution in [-0.4, -0.2) is 9.97 Å². The van der Waals surface area contributed by atoms with Crippen molar-refractivity contribution >= 4 is 16.5 Å². The van der Waals surface area contributed by atoms with E-state index in [1.54, 1.807) is 6.20 Å². The number of H-pyrrole nitrogens is 1. The van der Waals surface area contributed by atoms with E-state index in [2.05, 4.69) is 41.7 Å². The van der Waals surface area contributed by atoms with Crippen molar-refractivity contribution in [3.05, 3.63) is 72.2 Å². The Balaban J connectivity index is 2.21. The minimum atomic E-state index is 0.932. The second kappa shape index (κ2) is 4.73. The number of aryl methyl sites for hydroxylation is 1. The van der Waals surface area contributed by atoms with Crippen molar-refractivity contribution < 1.29 is 0 Å². The van der Waals surface area contributed by atoms with Gasteiger partial charge in [-0.1, -0.05) is 37.8 Å². The van der Waals surface area contributed by atoms with Crippen LogP contribution in [0.4, 0.5) is 0 Å². The third-order valence-corrected chi connectivity index (χ3v) is 3.41. The summed E-state index contributed by atoms with van der Waals surface area (Å²) in [5.74, 6) is 0. The van der Waals surface area contributed by atoms with Gasteiger partial charge >= 0.3 is 0 Å². The first-order chi connectivity index (χ1) is 9.31. The zero-order valence-electron chi connectivity index (χ0n) is 11.0. The summed E-state index contributed by atoms with van der Waals surface area (Å²) in [6.45, 7) is 6.40. The maximum Gasteiger partial charge on any atom is 0.0702 e. The molecule has 0 aliphatic heterocycles. The molecule has 0 bridgehead atoms. The fraction of sp³-hybridized carbons (Fsp3) is 0.118. The number of fused-ring (bicyclic) bond motifs is 1. The molecule has 3 aromatic rings. The second-order valence-corrected chi connectivity index (χ2v) is 4.57. The molecule has 2 aromatic heterocycles. The van der Waals surface area contributed by atoms with Crippen molar-refractivity contribution in [1.82, 2.24) is 9.97 Å². The molecule has 2 nitrogen and oxygen atoms in total. The molecule has 0 fully saturated rings. The molecule has 0 aliphatic rings. The van der Waals surface area contributed by atoms with Gasteiger partial charge in [0, 0.05) is 33.9 Å². The number of benzene rings is 1. The number of nitrogens with one attached hydrogen (secondary N) is 1. The van der Waals surface area contributed by atoms with Gasteiger partial charge in [-0.3, -0.25) is 4.98 Å². The molecule has 2 heterocycles. The number of nitrogens with zero attached hydrogens (tertiary/aromatic N) is 1. The van der Waals surface area contributed by atoms with Gasteiger partial charge in [0.05, 0.1) is 5.69 Å². The predicted octanol–water partition coefficient (Wildman–Crippen LogP) is 4.19. The molecular weight excluding hydrogens is 232 g/mol. The molecule has 1 N–H and O–H groups in total. The highest BCUT2D eigenvalue weighted by atomic mass is 14.7. The van der Waals surface area contributed by atoms with Crippen molar-refractivity contribution in [3.8, 4) is 0 Å². The van der Waals surface area contributed by atoms with Crippen LogP contribution in [0, 0.1) is 0 Å². The van der Waals surface area contributed by atoms with E-state index in [-0.39, 0.29) is 0 Å². The minimum Gasteiger partial charge on any atom is -0.358 e. The molecule has 0 radical (unpaired) electrons. The summed E-state index contributed by atoms with van der Waals surface area (Å²) < 4.78 is 0. The monoisotopic (exact) mass is 248 g/mol. The lowest BCUT2D eigenvalue weighted by atomic mass is 9.99. The maximum atomic E-state index is 4.40. The van der Waals surface area contributed by atoms with E-state index >= 15 is 0 Å². The highest BCUT2D eigenvalue weighted by molar-refractivity contribution is 5.97. The first-order valence-electron chi connectivity index (χ1n) is 6.51. The van der Waals surface area contributed by atoms with Gasteiger partial charge < -0.3 is 4.98 Å². The average molecular weight is 248 g/mol. The Morgan fingerprint density at radius 3 is 2.68 bits per heavy atom. The predicted molar refractivity (Wildman–Crippen MR) is 80.0 cm³/mol. The lowest BCUT2D eigenvalue weighted by Gasteiger charge is -2.06. The van der Waals surface area contributed by atoms with E-state index in [1.807, 2.05) is 24.3 Å². The first kappa shape index (κ1) is 11.7. The normalized spacial score (nSPS) is 10.8. The number of para-hydroxylation sites is 1. The zero-order chi connectivity index (χ0) is 13.2. The van der Waals surface area contributed by atoms with Gasteiger partial charge in [0.2, 0.25) is 0 Å². The molecule has 19 heavy (non-hydrogen) atoms. The summed E-state index contributed by atoms with van der Waals surface area (Å²) in [5, 5.41) is 1.22. The number of aromatic amines is 1. The van der Waals surface area contributed by atoms with E-state index < -0.39 is 0 Å². The van der Waals surface area contributed by atoms with E-state index in [9.17, 15) is 0 Å². The highest BCUT2D eigenvalue weighted by Crippen LogP contribution is 2.31. The largest absolute Gasteiger partial charge is 0.358 e. The van der Waals surface area contributed by atoms with Crippen molar-refractivity contribution in [3.63, 3.8) is 0 Å². The number of hydrogen-bond acceptors (Lipinski definition) is 1. The summed E-state index contributed by atoms with van der Waals surface area (Å²) in [6, 6.07) is 14.3. The Kier molecular flexibility index (Phi) is 2.92. The number of hydrogen-bond donors (Lipinski definition) is 1. The van der Waals surface area contributed by atoms with Crippen molar-refractivity contribution in [2.75, 3.05) is 0 Å². The number of pyridine rings is 1. The van der Waals surface area contributed by atoms with Gasteiger partial charge in [-0.05, 0) is 24.6 Å². The van der Waals surface area contributed by atoms with Crippen LogP contribution in [0.25, 0.3) is 16.5 Å². The Morgan fingerprint density at radius 1 is 1.16 bits per heavy atom. The fourth-order valence-electron chi connectivity index (χ4n) is 2.48. The molecule has 2 heteroatoms. The van der Waals surface area contributed by atoms with Gasteiger partial charge in [0.25, 0.3) is 0 Å². The molecule has 3 rings (SSSR count). The van der Waals surface area contributed by atoms with Crippen molar-refractivity contribution in [2.24, 2.45) is 0 Å². The summed E-state index contributed by atoms with van der Waals surface area (Å²) in [6.07, 6.45) is 2.76. The van der Waals surface area contributed by atoms with Crippen LogP contribution in [0.5, 0.6) is 0 Å². The van der Waals surface area contributed by atoms with E-state index in [1.165, 1.54) is 16.6 Å². The smallest absolute Gasteiger partial charge is 0.0702 e. The Bertz CT molecular complexity index is 723. The lowest BCUT2D eigenvalue weighted by molar-refractivity contribution is 1.06. The van der Waals surface area contributed by atoms with Crippen LogP contribution in [0.1, 0.15) is 23.9 Å². The molecule has 0 amide bonds. The van der Waals surface area contributed by atoms with E-state index in [4.69, 9.17) is 0 Å². The van der Waals surface area contributed by atoms with Crippen molar-refractivity contribution in [2.45, 2.75) is 13.3 Å². The topological polar surface area (TPSA) is 28.7 Å². The molecular formula is C17H16N2. The molecule has 0 atom stereocenters. The minimum absolute atomic E-state index is 0.932. The molecule has 94 valence electrons. The number of rotatable bonds is 3. The van der Waals surface area contributed by atoms with Crippen LogP contribution in [0.2, 0.25) is 0 Å². The zero-order valence-corrected chi connectivity index (χ0v) is 11.0. The van der Waals surface area contributed by atoms with E-state index in [0.717, 1.165) is 23.2 Å². The molecule has 0 spiro atoms. The van der Waals surface area contributed by atoms with Gasteiger partial charge in [-0.15, -0.1) is 0 Å². The lowest BCUT2D eigenvalue weighted by Crippen LogP contribution is -1.93. The first-order valence-corrected chi connectivity index (χ1v) is 6.51. The third-order valence-electron chi connectivity index (χ3n) is 3.41. The van der Waals surface area contributed by atoms with Gasteiger partial charge in [0.15, 0.2) is 0 Å². The summed E-state index contributed by atoms with van der Waals surface area (Å²) >= 11 is 0. The van der Waals surface area contributed by atoms with Crippen LogP contribution >= 0.6 is 0 Å².